The molecule has 3 rings (SSSR count). The molecule has 1 atom stereocenters. The molecule has 0 saturated carbocycles. The van der Waals surface area contributed by atoms with Gasteiger partial charge in [-0.3, -0.25) is 9.59 Å². The van der Waals surface area contributed by atoms with Gasteiger partial charge in [-0.15, -0.1) is 0 Å². The number of hydrogen-bond donors (Lipinski definition) is 2. The maximum Gasteiger partial charge on any atom is 0.227 e. The van der Waals surface area contributed by atoms with Gasteiger partial charge in [-0.25, -0.2) is 0 Å². The minimum atomic E-state index is -0.166. The Morgan fingerprint density at radius 1 is 1.06 bits per heavy atom. The van der Waals surface area contributed by atoms with E-state index in [1.807, 2.05) is 55.5 Å². The molecule has 2 N–H and O–H groups in total. The van der Waals surface area contributed by atoms with Gasteiger partial charge in [0.2, 0.25) is 23.5 Å². The van der Waals surface area contributed by atoms with Crippen molar-refractivity contribution in [3.8, 4) is 17.1 Å². The second-order valence-electron chi connectivity index (χ2n) is 7.05. The van der Waals surface area contributed by atoms with E-state index in [2.05, 4.69) is 20.8 Å². The monoisotopic (exact) mass is 422 g/mol. The first-order valence-corrected chi connectivity index (χ1v) is 10.1. The van der Waals surface area contributed by atoms with E-state index in [9.17, 15) is 9.59 Å². The molecule has 0 radical (unpaired) electrons. The fourth-order valence-electron chi connectivity index (χ4n) is 2.94. The Labute approximate surface area is 181 Å². The average Bonchev–Trinajstić information content (AvgIpc) is 3.27. The van der Waals surface area contributed by atoms with Crippen molar-refractivity contribution < 1.29 is 18.8 Å². The van der Waals surface area contributed by atoms with Gasteiger partial charge in [0.1, 0.15) is 5.75 Å². The Bertz CT molecular complexity index is 1010. The number of methoxy groups -OCH3 is 1. The Morgan fingerprint density at radius 2 is 1.77 bits per heavy atom. The van der Waals surface area contributed by atoms with E-state index in [-0.39, 0.29) is 24.3 Å². The number of aromatic nitrogens is 2. The van der Waals surface area contributed by atoms with Crippen molar-refractivity contribution >= 4 is 17.5 Å². The van der Waals surface area contributed by atoms with Gasteiger partial charge < -0.3 is 19.9 Å². The number of nitrogens with zero attached hydrogens (tertiary/aromatic N) is 2. The van der Waals surface area contributed by atoms with Crippen LogP contribution < -0.4 is 15.4 Å². The molecule has 8 nitrogen and oxygen atoms in total. The molecule has 1 heterocycles. The Kier molecular flexibility index (Phi) is 7.37. The summed E-state index contributed by atoms with van der Waals surface area (Å²) in [4.78, 5) is 28.1. The summed E-state index contributed by atoms with van der Waals surface area (Å²) >= 11 is 0. The van der Waals surface area contributed by atoms with Crippen molar-refractivity contribution in [2.24, 2.45) is 0 Å². The van der Waals surface area contributed by atoms with E-state index in [0.717, 1.165) is 22.6 Å². The van der Waals surface area contributed by atoms with Crippen LogP contribution in [0, 0.1) is 0 Å². The number of ether oxygens (including phenoxy) is 1. The number of amides is 2. The quantitative estimate of drug-likeness (QED) is 0.542. The zero-order chi connectivity index (χ0) is 22.2. The van der Waals surface area contributed by atoms with E-state index in [1.165, 1.54) is 0 Å². The minimum absolute atomic E-state index is 0.0368. The SMILES string of the molecule is CCC(=O)Nc1ccc(C(C)NC(=O)CCc2nc(-c3ccc(OC)cc3)no2)cc1. The van der Waals surface area contributed by atoms with Crippen molar-refractivity contribution in [1.82, 2.24) is 15.5 Å². The summed E-state index contributed by atoms with van der Waals surface area (Å²) in [6.07, 6.45) is 1.01. The molecule has 31 heavy (non-hydrogen) atoms. The van der Waals surface area contributed by atoms with Crippen LogP contribution in [0.4, 0.5) is 5.69 Å². The van der Waals surface area contributed by atoms with Gasteiger partial charge in [0.05, 0.1) is 13.2 Å². The summed E-state index contributed by atoms with van der Waals surface area (Å²) in [5, 5.41) is 9.73. The first-order valence-electron chi connectivity index (χ1n) is 10.1. The fourth-order valence-corrected chi connectivity index (χ4v) is 2.94. The maximum atomic E-state index is 12.3. The highest BCUT2D eigenvalue weighted by Gasteiger charge is 2.13. The molecule has 2 aromatic carbocycles. The van der Waals surface area contributed by atoms with Crippen LogP contribution in [0.2, 0.25) is 0 Å². The van der Waals surface area contributed by atoms with Crippen molar-refractivity contribution in [3.63, 3.8) is 0 Å². The van der Waals surface area contributed by atoms with Gasteiger partial charge in [-0.05, 0) is 48.9 Å². The molecule has 0 aliphatic rings. The van der Waals surface area contributed by atoms with Gasteiger partial charge in [0.15, 0.2) is 0 Å². The lowest BCUT2D eigenvalue weighted by molar-refractivity contribution is -0.121. The van der Waals surface area contributed by atoms with Crippen molar-refractivity contribution in [2.45, 2.75) is 39.2 Å². The van der Waals surface area contributed by atoms with Crippen LogP contribution in [0.25, 0.3) is 11.4 Å². The molecule has 0 spiro atoms. The molecule has 0 aliphatic carbocycles. The lowest BCUT2D eigenvalue weighted by atomic mass is 10.1. The molecule has 0 saturated heterocycles. The predicted molar refractivity (Wildman–Crippen MR) is 117 cm³/mol. The Balaban J connectivity index is 1.49. The molecule has 162 valence electrons. The highest BCUT2D eigenvalue weighted by atomic mass is 16.5. The lowest BCUT2D eigenvalue weighted by Crippen LogP contribution is -2.26. The van der Waals surface area contributed by atoms with Crippen LogP contribution in [0.5, 0.6) is 5.75 Å². The molecule has 0 aliphatic heterocycles. The van der Waals surface area contributed by atoms with E-state index >= 15 is 0 Å². The van der Waals surface area contributed by atoms with Crippen LogP contribution in [-0.4, -0.2) is 29.1 Å². The highest BCUT2D eigenvalue weighted by molar-refractivity contribution is 5.90. The van der Waals surface area contributed by atoms with E-state index in [4.69, 9.17) is 9.26 Å². The van der Waals surface area contributed by atoms with E-state index in [1.54, 1.807) is 14.0 Å². The fraction of sp³-hybridized carbons (Fsp3) is 0.304. The summed E-state index contributed by atoms with van der Waals surface area (Å²) in [6.45, 7) is 3.71. The van der Waals surface area contributed by atoms with Crippen LogP contribution in [-0.2, 0) is 16.0 Å². The number of aryl methyl sites for hydroxylation is 1. The highest BCUT2D eigenvalue weighted by Crippen LogP contribution is 2.20. The van der Waals surface area contributed by atoms with Crippen LogP contribution in [0.3, 0.4) is 0 Å². The lowest BCUT2D eigenvalue weighted by Gasteiger charge is -2.14. The minimum Gasteiger partial charge on any atom is -0.497 e. The predicted octanol–water partition coefficient (Wildman–Crippen LogP) is 3.90. The molecule has 3 aromatic rings. The first-order chi connectivity index (χ1) is 15.0. The summed E-state index contributed by atoms with van der Waals surface area (Å²) < 4.78 is 10.4. The largest absolute Gasteiger partial charge is 0.497 e. The van der Waals surface area contributed by atoms with E-state index < -0.39 is 0 Å². The standard InChI is InChI=1S/C23H26N4O4/c1-4-20(28)25-18-9-5-16(6-10-18)15(2)24-21(29)13-14-22-26-23(27-31-22)17-7-11-19(30-3)12-8-17/h5-12,15H,4,13-14H2,1-3H3,(H,24,29)(H,25,28). The van der Waals surface area contributed by atoms with Crippen molar-refractivity contribution in [3.05, 3.63) is 60.0 Å². The molecular weight excluding hydrogens is 396 g/mol. The zero-order valence-corrected chi connectivity index (χ0v) is 17.8. The van der Waals surface area contributed by atoms with Crippen molar-refractivity contribution in [2.75, 3.05) is 12.4 Å². The van der Waals surface area contributed by atoms with E-state index in [0.29, 0.717) is 24.6 Å². The van der Waals surface area contributed by atoms with Crippen molar-refractivity contribution in [1.29, 1.82) is 0 Å². The average molecular weight is 422 g/mol. The number of benzene rings is 2. The summed E-state index contributed by atoms with van der Waals surface area (Å²) in [5.74, 6) is 1.48. The molecular formula is C23H26N4O4. The van der Waals surface area contributed by atoms with Crippen LogP contribution >= 0.6 is 0 Å². The molecule has 2 amide bonds. The number of carbonyl (C=O) groups excluding carboxylic acids is 2. The van der Waals surface area contributed by atoms with Gasteiger partial charge in [-0.1, -0.05) is 24.2 Å². The number of nitrogens with one attached hydrogen (secondary N) is 2. The zero-order valence-electron chi connectivity index (χ0n) is 17.8. The summed E-state index contributed by atoms with van der Waals surface area (Å²) in [7, 11) is 1.61. The normalized spacial score (nSPS) is 11.6. The summed E-state index contributed by atoms with van der Waals surface area (Å²) in [5.41, 5.74) is 2.49. The topological polar surface area (TPSA) is 106 Å². The third-order valence-electron chi connectivity index (χ3n) is 4.78. The second kappa shape index (κ2) is 10.4. The number of carbonyl (C=O) groups is 2. The molecule has 0 fully saturated rings. The third-order valence-corrected chi connectivity index (χ3v) is 4.78. The number of rotatable bonds is 9. The Morgan fingerprint density at radius 3 is 2.42 bits per heavy atom. The smallest absolute Gasteiger partial charge is 0.227 e. The van der Waals surface area contributed by atoms with Gasteiger partial charge in [-0.2, -0.15) is 4.98 Å². The van der Waals surface area contributed by atoms with Crippen LogP contribution in [0.15, 0.2) is 53.1 Å². The van der Waals surface area contributed by atoms with Gasteiger partial charge in [0, 0.05) is 30.5 Å². The maximum absolute atomic E-state index is 12.3. The second-order valence-corrected chi connectivity index (χ2v) is 7.05. The van der Waals surface area contributed by atoms with Gasteiger partial charge >= 0.3 is 0 Å². The summed E-state index contributed by atoms with van der Waals surface area (Å²) in [6, 6.07) is 14.6. The van der Waals surface area contributed by atoms with Gasteiger partial charge in [0.25, 0.3) is 0 Å². The number of hydrogen-bond acceptors (Lipinski definition) is 6. The molecule has 1 unspecified atom stereocenters. The third kappa shape index (κ3) is 6.15. The number of anilines is 1. The Hall–Kier alpha value is -3.68. The molecule has 1 aromatic heterocycles. The first kappa shape index (κ1) is 22.0. The molecule has 0 bridgehead atoms. The molecule has 8 heteroatoms. The van der Waals surface area contributed by atoms with Crippen LogP contribution in [0.1, 0.15) is 44.2 Å².